The van der Waals surface area contributed by atoms with Gasteiger partial charge in [-0.25, -0.2) is 0 Å². The van der Waals surface area contributed by atoms with Gasteiger partial charge < -0.3 is 10.2 Å². The predicted molar refractivity (Wildman–Crippen MR) is 60.5 cm³/mol. The Hall–Kier alpha value is -0.570. The summed E-state index contributed by atoms with van der Waals surface area (Å²) in [6.45, 7) is 9.40. The van der Waals surface area contributed by atoms with E-state index in [0.29, 0.717) is 23.8 Å². The molecule has 2 aliphatic heterocycles. The third-order valence-corrected chi connectivity index (χ3v) is 4.12. The number of nitrogens with one attached hydrogen (secondary N) is 1. The Kier molecular flexibility index (Phi) is 3.01. The molecule has 0 aromatic heterocycles. The molecular formula is C12H22N2O. The van der Waals surface area contributed by atoms with Crippen molar-refractivity contribution in [2.24, 2.45) is 17.8 Å². The highest BCUT2D eigenvalue weighted by molar-refractivity contribution is 5.79. The number of fused-ring (bicyclic) bond motifs is 1. The summed E-state index contributed by atoms with van der Waals surface area (Å²) in [5.74, 6) is 1.70. The van der Waals surface area contributed by atoms with Crippen LogP contribution in [-0.4, -0.2) is 36.5 Å². The van der Waals surface area contributed by atoms with Gasteiger partial charge in [0.05, 0.1) is 0 Å². The summed E-state index contributed by atoms with van der Waals surface area (Å²) in [5, 5.41) is 3.38. The van der Waals surface area contributed by atoms with Crippen molar-refractivity contribution in [1.29, 1.82) is 0 Å². The third kappa shape index (κ3) is 1.89. The van der Waals surface area contributed by atoms with E-state index >= 15 is 0 Å². The molecule has 1 amide bonds. The van der Waals surface area contributed by atoms with Crippen LogP contribution >= 0.6 is 0 Å². The number of carbonyl (C=O) groups is 1. The summed E-state index contributed by atoms with van der Waals surface area (Å²) < 4.78 is 0. The number of carbonyl (C=O) groups excluding carboxylic acids is 1. The van der Waals surface area contributed by atoms with Gasteiger partial charge in [0.1, 0.15) is 0 Å². The Morgan fingerprint density at radius 3 is 2.73 bits per heavy atom. The highest BCUT2D eigenvalue weighted by Gasteiger charge is 2.41. The van der Waals surface area contributed by atoms with Crippen LogP contribution in [0.5, 0.6) is 0 Å². The molecule has 1 N–H and O–H groups in total. The second-order valence-corrected chi connectivity index (χ2v) is 5.34. The van der Waals surface area contributed by atoms with Crippen LogP contribution in [0.2, 0.25) is 0 Å². The zero-order valence-electron chi connectivity index (χ0n) is 9.99. The second kappa shape index (κ2) is 4.12. The third-order valence-electron chi connectivity index (χ3n) is 4.12. The lowest BCUT2D eigenvalue weighted by atomic mass is 9.96. The number of hydrogen-bond acceptors (Lipinski definition) is 2. The summed E-state index contributed by atoms with van der Waals surface area (Å²) >= 11 is 0. The first-order chi connectivity index (χ1) is 7.11. The lowest BCUT2D eigenvalue weighted by molar-refractivity contribution is -0.137. The minimum atomic E-state index is 0.171. The molecule has 2 fully saturated rings. The first-order valence-electron chi connectivity index (χ1n) is 6.12. The Morgan fingerprint density at radius 2 is 2.07 bits per heavy atom. The van der Waals surface area contributed by atoms with Crippen molar-refractivity contribution < 1.29 is 4.79 Å². The highest BCUT2D eigenvalue weighted by atomic mass is 16.2. The van der Waals surface area contributed by atoms with Crippen molar-refractivity contribution >= 4 is 5.91 Å². The smallest absolute Gasteiger partial charge is 0.225 e. The van der Waals surface area contributed by atoms with Crippen molar-refractivity contribution in [2.75, 3.05) is 19.6 Å². The van der Waals surface area contributed by atoms with E-state index in [2.05, 4.69) is 31.0 Å². The zero-order valence-corrected chi connectivity index (χ0v) is 9.99. The first kappa shape index (κ1) is 10.9. The van der Waals surface area contributed by atoms with Crippen LogP contribution in [0.1, 0.15) is 27.2 Å². The molecular weight excluding hydrogens is 188 g/mol. The maximum Gasteiger partial charge on any atom is 0.225 e. The van der Waals surface area contributed by atoms with Crippen molar-refractivity contribution in [3.8, 4) is 0 Å². The van der Waals surface area contributed by atoms with Crippen LogP contribution in [-0.2, 0) is 4.79 Å². The number of hydrogen-bond donors (Lipinski definition) is 1. The van der Waals surface area contributed by atoms with Gasteiger partial charge in [-0.3, -0.25) is 4.79 Å². The maximum absolute atomic E-state index is 12.2. The second-order valence-electron chi connectivity index (χ2n) is 5.34. The fourth-order valence-corrected chi connectivity index (χ4v) is 2.67. The largest absolute Gasteiger partial charge is 0.338 e. The Morgan fingerprint density at radius 1 is 1.33 bits per heavy atom. The van der Waals surface area contributed by atoms with Crippen LogP contribution in [0, 0.1) is 17.8 Å². The molecule has 1 unspecified atom stereocenters. The molecule has 0 aromatic carbocycles. The number of likely N-dealkylation sites (tertiary alicyclic amines) is 1. The van der Waals surface area contributed by atoms with Crippen molar-refractivity contribution in [3.63, 3.8) is 0 Å². The van der Waals surface area contributed by atoms with Gasteiger partial charge in [-0.2, -0.15) is 0 Å². The van der Waals surface area contributed by atoms with Gasteiger partial charge in [0, 0.05) is 31.6 Å². The number of nitrogens with zero attached hydrogens (tertiary/aromatic N) is 1. The van der Waals surface area contributed by atoms with Crippen LogP contribution < -0.4 is 5.32 Å². The summed E-state index contributed by atoms with van der Waals surface area (Å²) in [6, 6.07) is 0.485. The van der Waals surface area contributed by atoms with Gasteiger partial charge in [0.15, 0.2) is 0 Å². The van der Waals surface area contributed by atoms with E-state index < -0.39 is 0 Å². The molecule has 2 rings (SSSR count). The lowest BCUT2D eigenvalue weighted by Crippen LogP contribution is -2.42. The van der Waals surface area contributed by atoms with E-state index in [0.717, 1.165) is 19.6 Å². The van der Waals surface area contributed by atoms with E-state index in [1.165, 1.54) is 6.42 Å². The average Bonchev–Trinajstić information content (AvgIpc) is 2.75. The summed E-state index contributed by atoms with van der Waals surface area (Å²) in [5.41, 5.74) is 0. The molecule has 2 heterocycles. The molecule has 0 bridgehead atoms. The van der Waals surface area contributed by atoms with Gasteiger partial charge in [-0.1, -0.05) is 20.8 Å². The molecule has 0 spiro atoms. The molecule has 0 saturated carbocycles. The highest BCUT2D eigenvalue weighted by Crippen LogP contribution is 2.29. The standard InChI is InChI=1S/C12H22N2O/c1-8(2)9(3)12(15)14-5-4-10-6-13-7-11(10)14/h8-11,13H,4-7H2,1-3H3/t9?,10-,11+/m0/s1. The lowest BCUT2D eigenvalue weighted by Gasteiger charge is -2.28. The topological polar surface area (TPSA) is 32.3 Å². The minimum Gasteiger partial charge on any atom is -0.338 e. The van der Waals surface area contributed by atoms with Crippen LogP contribution in [0.25, 0.3) is 0 Å². The molecule has 2 aliphatic rings. The number of rotatable bonds is 2. The molecule has 3 heteroatoms. The van der Waals surface area contributed by atoms with E-state index in [1.54, 1.807) is 0 Å². The summed E-state index contributed by atoms with van der Waals surface area (Å²) in [4.78, 5) is 14.3. The molecule has 15 heavy (non-hydrogen) atoms. The Labute approximate surface area is 92.2 Å². The Balaban J connectivity index is 2.02. The van der Waals surface area contributed by atoms with Gasteiger partial charge in [-0.05, 0) is 18.3 Å². The zero-order chi connectivity index (χ0) is 11.0. The fraction of sp³-hybridized carbons (Fsp3) is 0.917. The quantitative estimate of drug-likeness (QED) is 0.740. The van der Waals surface area contributed by atoms with Gasteiger partial charge in [-0.15, -0.1) is 0 Å². The van der Waals surface area contributed by atoms with Crippen LogP contribution in [0.4, 0.5) is 0 Å². The van der Waals surface area contributed by atoms with Crippen molar-refractivity contribution in [1.82, 2.24) is 10.2 Å². The monoisotopic (exact) mass is 210 g/mol. The van der Waals surface area contributed by atoms with Crippen LogP contribution in [0.15, 0.2) is 0 Å². The minimum absolute atomic E-state index is 0.171. The molecule has 2 saturated heterocycles. The van der Waals surface area contributed by atoms with Gasteiger partial charge >= 0.3 is 0 Å². The van der Waals surface area contributed by atoms with Crippen LogP contribution in [0.3, 0.4) is 0 Å². The van der Waals surface area contributed by atoms with Crippen molar-refractivity contribution in [3.05, 3.63) is 0 Å². The van der Waals surface area contributed by atoms with Crippen molar-refractivity contribution in [2.45, 2.75) is 33.2 Å². The summed E-state index contributed by atoms with van der Waals surface area (Å²) in [6.07, 6.45) is 1.19. The molecule has 3 atom stereocenters. The van der Waals surface area contributed by atoms with Gasteiger partial charge in [0.2, 0.25) is 5.91 Å². The molecule has 86 valence electrons. The Bertz CT molecular complexity index is 252. The SMILES string of the molecule is CC(C)C(C)C(=O)N1CC[C@H]2CNC[C@H]21. The van der Waals surface area contributed by atoms with E-state index in [1.807, 2.05) is 0 Å². The fourth-order valence-electron chi connectivity index (χ4n) is 2.67. The number of amides is 1. The molecule has 0 aliphatic carbocycles. The predicted octanol–water partition coefficient (Wildman–Crippen LogP) is 1.10. The maximum atomic E-state index is 12.2. The summed E-state index contributed by atoms with van der Waals surface area (Å²) in [7, 11) is 0. The average molecular weight is 210 g/mol. The molecule has 3 nitrogen and oxygen atoms in total. The van der Waals surface area contributed by atoms with Gasteiger partial charge in [0.25, 0.3) is 0 Å². The molecule has 0 radical (unpaired) electrons. The molecule has 0 aromatic rings. The van der Waals surface area contributed by atoms with E-state index in [4.69, 9.17) is 0 Å². The van der Waals surface area contributed by atoms with E-state index in [-0.39, 0.29) is 5.92 Å². The van der Waals surface area contributed by atoms with E-state index in [9.17, 15) is 4.79 Å². The normalized spacial score (nSPS) is 32.1. The first-order valence-corrected chi connectivity index (χ1v) is 6.12.